The number of esters is 1. The molecule has 106 valence electrons. The molecule has 0 aliphatic rings. The first-order valence-electron chi connectivity index (χ1n) is 6.87. The zero-order chi connectivity index (χ0) is 14.5. The summed E-state index contributed by atoms with van der Waals surface area (Å²) in [6, 6.07) is 7.69. The first-order chi connectivity index (χ1) is 8.90. The Bertz CT molecular complexity index is 424. The Morgan fingerprint density at radius 2 is 2.00 bits per heavy atom. The number of benzene rings is 1. The average molecular weight is 264 g/mol. The van der Waals surface area contributed by atoms with Crippen LogP contribution in [0.2, 0.25) is 0 Å². The maximum atomic E-state index is 11.9. The molecule has 0 saturated carbocycles. The van der Waals surface area contributed by atoms with Crippen molar-refractivity contribution in [2.24, 2.45) is 5.92 Å². The molecule has 19 heavy (non-hydrogen) atoms. The van der Waals surface area contributed by atoms with Crippen LogP contribution >= 0.6 is 0 Å². The normalized spacial score (nSPS) is 12.9. The second-order valence-corrected chi connectivity index (χ2v) is 5.20. The van der Waals surface area contributed by atoms with E-state index in [-0.39, 0.29) is 11.9 Å². The van der Waals surface area contributed by atoms with Gasteiger partial charge in [-0.3, -0.25) is 4.79 Å². The lowest BCUT2D eigenvalue weighted by Crippen LogP contribution is -2.28. The summed E-state index contributed by atoms with van der Waals surface area (Å²) in [6.07, 6.45) is 0.786. The van der Waals surface area contributed by atoms with Crippen LogP contribution in [0.3, 0.4) is 0 Å². The molecule has 0 spiro atoms. The summed E-state index contributed by atoms with van der Waals surface area (Å²) in [7, 11) is 0. The zero-order valence-electron chi connectivity index (χ0n) is 12.5. The van der Waals surface area contributed by atoms with Gasteiger partial charge in [0.2, 0.25) is 0 Å². The van der Waals surface area contributed by atoms with E-state index in [1.807, 2.05) is 58.9 Å². The Morgan fingerprint density at radius 1 is 1.32 bits per heavy atom. The van der Waals surface area contributed by atoms with Gasteiger partial charge in [-0.15, -0.1) is 0 Å². The van der Waals surface area contributed by atoms with Gasteiger partial charge in [0.1, 0.15) is 11.4 Å². The maximum absolute atomic E-state index is 11.9. The minimum absolute atomic E-state index is 0.0747. The van der Waals surface area contributed by atoms with Gasteiger partial charge in [0, 0.05) is 0 Å². The fourth-order valence-corrected chi connectivity index (χ4v) is 1.70. The third-order valence-corrected chi connectivity index (χ3v) is 3.21. The van der Waals surface area contributed by atoms with Gasteiger partial charge in [0.25, 0.3) is 0 Å². The number of hydrogen-bond acceptors (Lipinski definition) is 3. The van der Waals surface area contributed by atoms with Crippen molar-refractivity contribution < 1.29 is 14.3 Å². The van der Waals surface area contributed by atoms with E-state index in [0.29, 0.717) is 6.61 Å². The molecule has 3 heteroatoms. The molecule has 0 aliphatic carbocycles. The van der Waals surface area contributed by atoms with E-state index >= 15 is 0 Å². The van der Waals surface area contributed by atoms with Crippen molar-refractivity contribution in [3.05, 3.63) is 29.8 Å². The monoisotopic (exact) mass is 264 g/mol. The SMILES string of the molecule is CCOc1cccc(C(C)(C)OC(=O)C(C)CC)c1. The predicted octanol–water partition coefficient (Wildman–Crippen LogP) is 3.91. The maximum Gasteiger partial charge on any atom is 0.309 e. The van der Waals surface area contributed by atoms with Gasteiger partial charge in [0.15, 0.2) is 0 Å². The quantitative estimate of drug-likeness (QED) is 0.731. The van der Waals surface area contributed by atoms with Gasteiger partial charge >= 0.3 is 5.97 Å². The molecule has 0 amide bonds. The molecule has 0 aliphatic heterocycles. The molecule has 3 nitrogen and oxygen atoms in total. The highest BCUT2D eigenvalue weighted by Crippen LogP contribution is 2.29. The van der Waals surface area contributed by atoms with Crippen molar-refractivity contribution in [3.8, 4) is 5.75 Å². The van der Waals surface area contributed by atoms with Gasteiger partial charge in [-0.1, -0.05) is 26.0 Å². The van der Waals surface area contributed by atoms with Crippen molar-refractivity contribution >= 4 is 5.97 Å². The second kappa shape index (κ2) is 6.60. The van der Waals surface area contributed by atoms with E-state index in [9.17, 15) is 4.79 Å². The van der Waals surface area contributed by atoms with Gasteiger partial charge < -0.3 is 9.47 Å². The first kappa shape index (κ1) is 15.5. The molecule has 1 unspecified atom stereocenters. The molecule has 0 heterocycles. The summed E-state index contributed by atoms with van der Waals surface area (Å²) in [5.41, 5.74) is 0.295. The second-order valence-electron chi connectivity index (χ2n) is 5.20. The predicted molar refractivity (Wildman–Crippen MR) is 76.2 cm³/mol. The standard InChI is InChI=1S/C16H24O3/c1-6-12(3)15(17)19-16(4,5)13-9-8-10-14(11-13)18-7-2/h8-12H,6-7H2,1-5H3. The van der Waals surface area contributed by atoms with E-state index in [1.165, 1.54) is 0 Å². The van der Waals surface area contributed by atoms with Crippen molar-refractivity contribution in [2.45, 2.75) is 46.6 Å². The van der Waals surface area contributed by atoms with Gasteiger partial charge in [-0.05, 0) is 44.9 Å². The highest BCUT2D eigenvalue weighted by atomic mass is 16.6. The Hall–Kier alpha value is -1.51. The van der Waals surface area contributed by atoms with Crippen LogP contribution in [0.25, 0.3) is 0 Å². The van der Waals surface area contributed by atoms with Crippen molar-refractivity contribution in [3.63, 3.8) is 0 Å². The molecule has 1 aromatic carbocycles. The molecule has 1 aromatic rings. The van der Waals surface area contributed by atoms with Crippen molar-refractivity contribution in [1.82, 2.24) is 0 Å². The number of carbonyl (C=O) groups is 1. The highest BCUT2D eigenvalue weighted by Gasteiger charge is 2.27. The Labute approximate surface area is 115 Å². The summed E-state index contributed by atoms with van der Waals surface area (Å²) >= 11 is 0. The molecule has 0 radical (unpaired) electrons. The fraction of sp³-hybridized carbons (Fsp3) is 0.562. The van der Waals surface area contributed by atoms with Crippen LogP contribution in [0.1, 0.15) is 46.6 Å². The van der Waals surface area contributed by atoms with Crippen LogP contribution in [0.5, 0.6) is 5.75 Å². The largest absolute Gasteiger partial charge is 0.494 e. The molecule has 0 aromatic heterocycles. The van der Waals surface area contributed by atoms with E-state index in [2.05, 4.69) is 0 Å². The molecule has 0 N–H and O–H groups in total. The summed E-state index contributed by atoms with van der Waals surface area (Å²) in [6.45, 7) is 10.2. The van der Waals surface area contributed by atoms with E-state index in [0.717, 1.165) is 17.7 Å². The van der Waals surface area contributed by atoms with E-state index in [4.69, 9.17) is 9.47 Å². The Kier molecular flexibility index (Phi) is 5.40. The number of rotatable bonds is 6. The smallest absolute Gasteiger partial charge is 0.309 e. The molecular formula is C16H24O3. The summed E-state index contributed by atoms with van der Waals surface area (Å²) < 4.78 is 11.1. The molecule has 0 fully saturated rings. The van der Waals surface area contributed by atoms with Crippen molar-refractivity contribution in [1.29, 1.82) is 0 Å². The third kappa shape index (κ3) is 4.27. The third-order valence-electron chi connectivity index (χ3n) is 3.21. The molecular weight excluding hydrogens is 240 g/mol. The van der Waals surface area contributed by atoms with Crippen LogP contribution in [0, 0.1) is 5.92 Å². The summed E-state index contributed by atoms with van der Waals surface area (Å²) in [5, 5.41) is 0. The van der Waals surface area contributed by atoms with Crippen LogP contribution in [-0.4, -0.2) is 12.6 Å². The number of carbonyl (C=O) groups excluding carboxylic acids is 1. The summed E-state index contributed by atoms with van der Waals surface area (Å²) in [5.74, 6) is 0.566. The molecule has 0 bridgehead atoms. The number of ether oxygens (including phenoxy) is 2. The topological polar surface area (TPSA) is 35.5 Å². The number of hydrogen-bond donors (Lipinski definition) is 0. The first-order valence-corrected chi connectivity index (χ1v) is 6.87. The molecule has 1 rings (SSSR count). The van der Waals surface area contributed by atoms with Crippen LogP contribution < -0.4 is 4.74 Å². The fourth-order valence-electron chi connectivity index (χ4n) is 1.70. The van der Waals surface area contributed by atoms with Gasteiger partial charge in [-0.2, -0.15) is 0 Å². The zero-order valence-corrected chi connectivity index (χ0v) is 12.5. The lowest BCUT2D eigenvalue weighted by Gasteiger charge is -2.27. The van der Waals surface area contributed by atoms with E-state index < -0.39 is 5.60 Å². The van der Waals surface area contributed by atoms with Crippen LogP contribution in [-0.2, 0) is 15.1 Å². The lowest BCUT2D eigenvalue weighted by molar-refractivity contribution is -0.162. The Balaban J connectivity index is 2.87. The Morgan fingerprint density at radius 3 is 2.58 bits per heavy atom. The van der Waals surface area contributed by atoms with Crippen LogP contribution in [0.4, 0.5) is 0 Å². The molecule has 1 atom stereocenters. The average Bonchev–Trinajstić information content (AvgIpc) is 2.38. The minimum atomic E-state index is -0.645. The van der Waals surface area contributed by atoms with Gasteiger partial charge in [-0.25, -0.2) is 0 Å². The summed E-state index contributed by atoms with van der Waals surface area (Å²) in [4.78, 5) is 11.9. The molecule has 0 saturated heterocycles. The van der Waals surface area contributed by atoms with Crippen LogP contribution in [0.15, 0.2) is 24.3 Å². The highest BCUT2D eigenvalue weighted by molar-refractivity contribution is 5.72. The van der Waals surface area contributed by atoms with E-state index in [1.54, 1.807) is 0 Å². The van der Waals surface area contributed by atoms with Crippen molar-refractivity contribution in [2.75, 3.05) is 6.61 Å². The lowest BCUT2D eigenvalue weighted by atomic mass is 9.97. The van der Waals surface area contributed by atoms with Gasteiger partial charge in [0.05, 0.1) is 12.5 Å². The minimum Gasteiger partial charge on any atom is -0.494 e.